The summed E-state index contributed by atoms with van der Waals surface area (Å²) in [5.41, 5.74) is 1.31. The minimum absolute atomic E-state index is 0. The highest BCUT2D eigenvalue weighted by atomic mass is 35.5. The maximum absolute atomic E-state index is 5.43. The number of quaternary nitrogens is 1. The van der Waals surface area contributed by atoms with E-state index in [9.17, 15) is 0 Å². The van der Waals surface area contributed by atoms with Gasteiger partial charge in [-0.25, -0.2) is 0 Å². The number of benzene rings is 1. The second-order valence-corrected chi connectivity index (χ2v) is 8.19. The number of hydrogen-bond donors (Lipinski definition) is 0. The lowest BCUT2D eigenvalue weighted by Gasteiger charge is -2.30. The number of hydrogen-bond acceptors (Lipinski definition) is 2. The molecule has 0 aliphatic carbocycles. The third kappa shape index (κ3) is 11.5. The van der Waals surface area contributed by atoms with Crippen LogP contribution in [0.5, 0.6) is 11.5 Å². The van der Waals surface area contributed by atoms with Crippen LogP contribution >= 0.6 is 0 Å². The summed E-state index contributed by atoms with van der Waals surface area (Å²) in [5.74, 6) is 1.63. The van der Waals surface area contributed by atoms with Crippen molar-refractivity contribution in [3.63, 3.8) is 0 Å². The van der Waals surface area contributed by atoms with Crippen LogP contribution in [0.15, 0.2) is 18.2 Å². The zero-order valence-corrected chi connectivity index (χ0v) is 19.1. The average molecular weight is 400 g/mol. The quantitative estimate of drug-likeness (QED) is 0.333. The molecule has 0 saturated heterocycles. The number of nitrogens with zero attached hydrogens (tertiary/aromatic N) is 1. The molecule has 0 aliphatic rings. The van der Waals surface area contributed by atoms with Gasteiger partial charge in [-0.05, 0) is 31.0 Å². The van der Waals surface area contributed by atoms with E-state index in [0.29, 0.717) is 0 Å². The number of ether oxygens (including phenoxy) is 2. The van der Waals surface area contributed by atoms with Crippen LogP contribution in [0.2, 0.25) is 0 Å². The Morgan fingerprint density at radius 1 is 0.741 bits per heavy atom. The van der Waals surface area contributed by atoms with E-state index in [2.05, 4.69) is 33.2 Å². The van der Waals surface area contributed by atoms with Crippen molar-refractivity contribution >= 4 is 0 Å². The Morgan fingerprint density at radius 3 is 1.78 bits per heavy atom. The fourth-order valence-electron chi connectivity index (χ4n) is 3.58. The van der Waals surface area contributed by atoms with Gasteiger partial charge in [-0.2, -0.15) is 0 Å². The van der Waals surface area contributed by atoms with Gasteiger partial charge >= 0.3 is 0 Å². The smallest absolute Gasteiger partial charge is 0.161 e. The summed E-state index contributed by atoms with van der Waals surface area (Å²) in [4.78, 5) is 0. The lowest BCUT2D eigenvalue weighted by Crippen LogP contribution is -3.00. The summed E-state index contributed by atoms with van der Waals surface area (Å²) in [6.07, 6.45) is 14.0. The molecule has 0 spiro atoms. The molecule has 158 valence electrons. The van der Waals surface area contributed by atoms with E-state index in [1.54, 1.807) is 14.2 Å². The Hall–Kier alpha value is -0.930. The molecular weight excluding hydrogens is 358 g/mol. The van der Waals surface area contributed by atoms with Crippen LogP contribution in [-0.4, -0.2) is 39.3 Å². The molecule has 0 amide bonds. The molecule has 0 atom stereocenters. The van der Waals surface area contributed by atoms with Crippen LogP contribution in [0, 0.1) is 0 Å². The maximum Gasteiger partial charge on any atom is 0.161 e. The highest BCUT2D eigenvalue weighted by Crippen LogP contribution is 2.28. The van der Waals surface area contributed by atoms with Gasteiger partial charge < -0.3 is 26.4 Å². The van der Waals surface area contributed by atoms with Crippen molar-refractivity contribution in [1.29, 1.82) is 0 Å². The molecule has 0 fully saturated rings. The van der Waals surface area contributed by atoms with E-state index >= 15 is 0 Å². The topological polar surface area (TPSA) is 18.5 Å². The van der Waals surface area contributed by atoms with Gasteiger partial charge in [-0.3, -0.25) is 0 Å². The molecule has 4 heteroatoms. The molecule has 1 aromatic carbocycles. The summed E-state index contributed by atoms with van der Waals surface area (Å²) in [6, 6.07) is 6.27. The Labute approximate surface area is 174 Å². The molecule has 0 aliphatic heterocycles. The minimum Gasteiger partial charge on any atom is -1.00 e. The zero-order valence-electron chi connectivity index (χ0n) is 18.4. The molecule has 27 heavy (non-hydrogen) atoms. The molecule has 0 heterocycles. The van der Waals surface area contributed by atoms with Crippen LogP contribution in [-0.2, 0) is 6.54 Å². The Balaban J connectivity index is 0.00000676. The van der Waals surface area contributed by atoms with Gasteiger partial charge in [0, 0.05) is 5.56 Å². The second-order valence-electron chi connectivity index (χ2n) is 8.19. The second kappa shape index (κ2) is 15.0. The van der Waals surface area contributed by atoms with Gasteiger partial charge in [-0.1, -0.05) is 58.3 Å². The molecule has 3 nitrogen and oxygen atoms in total. The lowest BCUT2D eigenvalue weighted by molar-refractivity contribution is -0.903. The highest BCUT2D eigenvalue weighted by Gasteiger charge is 2.16. The van der Waals surface area contributed by atoms with Gasteiger partial charge in [0.25, 0.3) is 0 Å². The van der Waals surface area contributed by atoms with Crippen LogP contribution in [0.1, 0.15) is 76.7 Å². The molecule has 0 N–H and O–H groups in total. The fraction of sp³-hybridized carbons (Fsp3) is 0.739. The van der Waals surface area contributed by atoms with Crippen LogP contribution in [0.4, 0.5) is 0 Å². The summed E-state index contributed by atoms with van der Waals surface area (Å²) in [7, 11) is 8.03. The standard InChI is InChI=1S/C23H42NO2.ClH/c1-6-7-8-9-10-11-12-13-14-15-18-24(2,3)20-21-16-17-22(25-4)23(19-21)26-5;/h16-17,19H,6-15,18,20H2,1-5H3;1H/q+1;/p-1. The SMILES string of the molecule is CCCCCCCCCCCC[N+](C)(C)Cc1ccc(OC)c(OC)c1.[Cl-]. The van der Waals surface area contributed by atoms with Gasteiger partial charge in [0.15, 0.2) is 11.5 Å². The van der Waals surface area contributed by atoms with E-state index in [-0.39, 0.29) is 12.4 Å². The summed E-state index contributed by atoms with van der Waals surface area (Å²) < 4.78 is 11.8. The first-order valence-corrected chi connectivity index (χ1v) is 10.6. The number of unbranched alkanes of at least 4 members (excludes halogenated alkanes) is 9. The third-order valence-electron chi connectivity index (χ3n) is 5.18. The van der Waals surface area contributed by atoms with Crippen LogP contribution in [0.3, 0.4) is 0 Å². The van der Waals surface area contributed by atoms with Gasteiger partial charge in [0.2, 0.25) is 0 Å². The van der Waals surface area contributed by atoms with Gasteiger partial charge in [0.05, 0.1) is 34.9 Å². The van der Waals surface area contributed by atoms with Crippen molar-refractivity contribution in [1.82, 2.24) is 0 Å². The largest absolute Gasteiger partial charge is 1.00 e. The first-order valence-electron chi connectivity index (χ1n) is 10.6. The summed E-state index contributed by atoms with van der Waals surface area (Å²) in [5, 5.41) is 0. The third-order valence-corrected chi connectivity index (χ3v) is 5.18. The van der Waals surface area contributed by atoms with Crippen molar-refractivity contribution in [2.45, 2.75) is 77.7 Å². The zero-order chi connectivity index (χ0) is 19.3. The van der Waals surface area contributed by atoms with Crippen molar-refractivity contribution in [2.75, 3.05) is 34.9 Å². The van der Waals surface area contributed by atoms with E-state index in [1.165, 1.54) is 76.3 Å². The molecule has 1 rings (SSSR count). The Bertz CT molecular complexity index is 491. The lowest BCUT2D eigenvalue weighted by atomic mass is 10.1. The van der Waals surface area contributed by atoms with Gasteiger partial charge in [-0.15, -0.1) is 0 Å². The van der Waals surface area contributed by atoms with E-state index < -0.39 is 0 Å². The monoisotopic (exact) mass is 399 g/mol. The van der Waals surface area contributed by atoms with E-state index in [4.69, 9.17) is 9.47 Å². The van der Waals surface area contributed by atoms with Crippen molar-refractivity contribution in [3.05, 3.63) is 23.8 Å². The molecule has 0 aromatic heterocycles. The molecule has 0 bridgehead atoms. The normalized spacial score (nSPS) is 11.1. The number of rotatable bonds is 15. The Morgan fingerprint density at radius 2 is 1.26 bits per heavy atom. The molecule has 0 unspecified atom stereocenters. The van der Waals surface area contributed by atoms with Gasteiger partial charge in [0.1, 0.15) is 6.54 Å². The van der Waals surface area contributed by atoms with E-state index in [0.717, 1.165) is 22.5 Å². The molecule has 0 saturated carbocycles. The highest BCUT2D eigenvalue weighted by molar-refractivity contribution is 5.42. The maximum atomic E-state index is 5.43. The first-order chi connectivity index (χ1) is 12.5. The van der Waals surface area contributed by atoms with Crippen LogP contribution in [0.25, 0.3) is 0 Å². The molecule has 1 aromatic rings. The molecule has 0 radical (unpaired) electrons. The minimum atomic E-state index is 0. The van der Waals surface area contributed by atoms with Crippen molar-refractivity contribution < 1.29 is 26.4 Å². The first kappa shape index (κ1) is 26.1. The summed E-state index contributed by atoms with van der Waals surface area (Å²) >= 11 is 0. The average Bonchev–Trinajstić information content (AvgIpc) is 2.62. The van der Waals surface area contributed by atoms with Crippen LogP contribution < -0.4 is 21.9 Å². The fourth-order valence-corrected chi connectivity index (χ4v) is 3.58. The predicted octanol–water partition coefficient (Wildman–Crippen LogP) is 3.21. The van der Waals surface area contributed by atoms with Crippen molar-refractivity contribution in [3.8, 4) is 11.5 Å². The Kier molecular flexibility index (Phi) is 14.5. The predicted molar refractivity (Wildman–Crippen MR) is 112 cm³/mol. The summed E-state index contributed by atoms with van der Waals surface area (Å²) in [6.45, 7) is 4.54. The number of methoxy groups -OCH3 is 2. The number of halogens is 1. The van der Waals surface area contributed by atoms with Crippen molar-refractivity contribution in [2.24, 2.45) is 0 Å². The van der Waals surface area contributed by atoms with E-state index in [1.807, 2.05) is 6.07 Å². The molecular formula is C23H42ClNO2.